The molecule has 1 aromatic heterocycles. The van der Waals surface area contributed by atoms with Crippen molar-refractivity contribution in [2.45, 2.75) is 27.2 Å². The fraction of sp³-hybridized carbons (Fsp3) is 0.160. The molecule has 3 aromatic carbocycles. The van der Waals surface area contributed by atoms with Crippen molar-refractivity contribution in [3.8, 4) is 0 Å². The van der Waals surface area contributed by atoms with Crippen molar-refractivity contribution in [2.24, 2.45) is 0 Å². The summed E-state index contributed by atoms with van der Waals surface area (Å²) in [5, 5.41) is 0.951. The second-order valence-electron chi connectivity index (χ2n) is 5.75. The maximum atomic E-state index is 10.7. The summed E-state index contributed by atoms with van der Waals surface area (Å²) >= 11 is 0. The zero-order chi connectivity index (χ0) is 19.5. The van der Waals surface area contributed by atoms with E-state index in [9.17, 15) is 4.79 Å². The standard InChI is InChI=1S/C14H12.C9H6O2.C2H6.Y/c1-12-6-5-9-14(10-12)11-13-7-3-2-4-8-13;10-9-6-5-7-3-1-2-4-8(7)11-9;1-2;/h2-7,10H,11H2,1H3;1-6H;1-2H3;/q-2;;;. The predicted octanol–water partition coefficient (Wildman–Crippen LogP) is 6.00. The van der Waals surface area contributed by atoms with Gasteiger partial charge in [-0.3, -0.25) is 0 Å². The van der Waals surface area contributed by atoms with Crippen LogP contribution in [0, 0.1) is 19.1 Å². The second-order valence-corrected chi connectivity index (χ2v) is 5.75. The average Bonchev–Trinajstić information content (AvgIpc) is 2.71. The van der Waals surface area contributed by atoms with Gasteiger partial charge in [0.25, 0.3) is 0 Å². The van der Waals surface area contributed by atoms with Crippen LogP contribution in [-0.4, -0.2) is 0 Å². The molecule has 0 aliphatic carbocycles. The molecule has 4 rings (SSSR count). The van der Waals surface area contributed by atoms with Crippen LogP contribution in [0.3, 0.4) is 0 Å². The molecule has 0 aliphatic rings. The summed E-state index contributed by atoms with van der Waals surface area (Å²) in [6, 6.07) is 31.3. The molecule has 2 nitrogen and oxygen atoms in total. The van der Waals surface area contributed by atoms with Crippen molar-refractivity contribution in [1.29, 1.82) is 0 Å². The summed E-state index contributed by atoms with van der Waals surface area (Å²) in [6.45, 7) is 6.10. The normalized spacial score (nSPS) is 9.25. The molecule has 0 unspecified atom stereocenters. The van der Waals surface area contributed by atoms with Gasteiger partial charge in [-0.2, -0.15) is 71.3 Å². The van der Waals surface area contributed by atoms with E-state index in [2.05, 4.69) is 37.3 Å². The summed E-state index contributed by atoms with van der Waals surface area (Å²) in [5.74, 6) is 0. The Morgan fingerprint density at radius 1 is 0.821 bits per heavy atom. The van der Waals surface area contributed by atoms with Crippen molar-refractivity contribution < 1.29 is 37.1 Å². The van der Waals surface area contributed by atoms with Gasteiger partial charge in [0.2, 0.25) is 0 Å². The van der Waals surface area contributed by atoms with Gasteiger partial charge in [0, 0.05) is 44.2 Å². The van der Waals surface area contributed by atoms with Crippen LogP contribution in [0.15, 0.2) is 88.1 Å². The van der Waals surface area contributed by atoms with Gasteiger partial charge >= 0.3 is 5.63 Å². The van der Waals surface area contributed by atoms with Crippen LogP contribution in [0.5, 0.6) is 0 Å². The molecule has 0 bridgehead atoms. The zero-order valence-corrected chi connectivity index (χ0v) is 19.4. The number of aryl methyl sites for hydroxylation is 1. The number of rotatable bonds is 2. The van der Waals surface area contributed by atoms with Crippen molar-refractivity contribution in [3.63, 3.8) is 0 Å². The van der Waals surface area contributed by atoms with E-state index in [0.29, 0.717) is 5.58 Å². The van der Waals surface area contributed by atoms with Gasteiger partial charge in [-0.15, -0.1) is 0 Å². The van der Waals surface area contributed by atoms with Crippen LogP contribution in [0.1, 0.15) is 30.5 Å². The van der Waals surface area contributed by atoms with Crippen LogP contribution in [-0.2, 0) is 39.1 Å². The smallest absolute Gasteiger partial charge is 0.336 e. The molecule has 4 aromatic rings. The van der Waals surface area contributed by atoms with E-state index < -0.39 is 0 Å². The average molecular weight is 445 g/mol. The molecular formula is C25H24O2Y-2. The fourth-order valence-electron chi connectivity index (χ4n) is 2.50. The Morgan fingerprint density at radius 3 is 2.25 bits per heavy atom. The molecule has 1 radical (unpaired) electrons. The summed E-state index contributed by atoms with van der Waals surface area (Å²) in [4.78, 5) is 10.7. The predicted molar refractivity (Wildman–Crippen MR) is 112 cm³/mol. The molecule has 0 aliphatic heterocycles. The Labute approximate surface area is 192 Å². The van der Waals surface area contributed by atoms with Gasteiger partial charge in [-0.05, 0) is 18.6 Å². The fourth-order valence-corrected chi connectivity index (χ4v) is 2.50. The first-order valence-corrected chi connectivity index (χ1v) is 9.12. The Hall–Kier alpha value is -2.03. The number of benzene rings is 3. The molecule has 0 saturated carbocycles. The van der Waals surface area contributed by atoms with E-state index >= 15 is 0 Å². The number of fused-ring (bicyclic) bond motifs is 1. The molecule has 3 heteroatoms. The van der Waals surface area contributed by atoms with Crippen molar-refractivity contribution in [1.82, 2.24) is 0 Å². The van der Waals surface area contributed by atoms with Gasteiger partial charge in [-0.1, -0.05) is 39.0 Å². The first-order valence-electron chi connectivity index (χ1n) is 9.12. The van der Waals surface area contributed by atoms with Gasteiger partial charge in [-0.25, -0.2) is 4.79 Å². The van der Waals surface area contributed by atoms with Crippen molar-refractivity contribution in [2.75, 3.05) is 0 Å². The van der Waals surface area contributed by atoms with Gasteiger partial charge < -0.3 is 4.42 Å². The molecule has 0 atom stereocenters. The Kier molecular flexibility index (Phi) is 11.3. The van der Waals surface area contributed by atoms with E-state index in [4.69, 9.17) is 4.42 Å². The second kappa shape index (κ2) is 13.2. The molecule has 0 saturated heterocycles. The van der Waals surface area contributed by atoms with Gasteiger partial charge in [0.05, 0.1) is 0 Å². The van der Waals surface area contributed by atoms with E-state index in [1.54, 1.807) is 12.1 Å². The minimum Gasteiger partial charge on any atom is -0.423 e. The number of para-hydroxylation sites is 1. The van der Waals surface area contributed by atoms with Crippen molar-refractivity contribution in [3.05, 3.63) is 118 Å². The van der Waals surface area contributed by atoms with E-state index in [1.807, 2.05) is 56.3 Å². The van der Waals surface area contributed by atoms with Gasteiger partial charge in [0.15, 0.2) is 0 Å². The topological polar surface area (TPSA) is 30.2 Å². The number of hydrogen-bond donors (Lipinski definition) is 0. The Bertz CT molecular complexity index is 1010. The molecule has 0 spiro atoms. The van der Waals surface area contributed by atoms with E-state index in [1.165, 1.54) is 22.8 Å². The van der Waals surface area contributed by atoms with Crippen LogP contribution >= 0.6 is 0 Å². The van der Waals surface area contributed by atoms with Crippen LogP contribution < -0.4 is 5.63 Å². The third-order valence-corrected chi connectivity index (χ3v) is 3.70. The van der Waals surface area contributed by atoms with E-state index in [-0.39, 0.29) is 38.3 Å². The SMILES string of the molecule is CC.Cc1cc[c-]c(Cc2[c-]cccc2)c1.O=c1ccc2ccccc2o1.[Y]. The third kappa shape index (κ3) is 7.92. The molecule has 28 heavy (non-hydrogen) atoms. The Balaban J connectivity index is 0.000000254. The molecule has 1 heterocycles. The molecular weight excluding hydrogens is 421 g/mol. The minimum atomic E-state index is -0.302. The van der Waals surface area contributed by atoms with Crippen LogP contribution in [0.4, 0.5) is 0 Å². The maximum absolute atomic E-state index is 10.7. The summed E-state index contributed by atoms with van der Waals surface area (Å²) in [7, 11) is 0. The molecule has 0 fully saturated rings. The maximum Gasteiger partial charge on any atom is 0.336 e. The minimum absolute atomic E-state index is 0. The summed E-state index contributed by atoms with van der Waals surface area (Å²) in [5.41, 5.74) is 4.07. The van der Waals surface area contributed by atoms with Crippen molar-refractivity contribution >= 4 is 11.0 Å². The first-order chi connectivity index (χ1) is 13.2. The summed E-state index contributed by atoms with van der Waals surface area (Å²) < 4.78 is 4.91. The first kappa shape index (κ1) is 24.0. The molecule has 0 amide bonds. The zero-order valence-electron chi connectivity index (χ0n) is 16.6. The van der Waals surface area contributed by atoms with Crippen LogP contribution in [0.25, 0.3) is 11.0 Å². The quantitative estimate of drug-likeness (QED) is 0.280. The monoisotopic (exact) mass is 445 g/mol. The van der Waals surface area contributed by atoms with Crippen LogP contribution in [0.2, 0.25) is 0 Å². The van der Waals surface area contributed by atoms with E-state index in [0.717, 1.165) is 11.8 Å². The summed E-state index contributed by atoms with van der Waals surface area (Å²) in [6.07, 6.45) is 0.919. The molecule has 0 N–H and O–H groups in total. The third-order valence-electron chi connectivity index (χ3n) is 3.70. The van der Waals surface area contributed by atoms with Gasteiger partial charge in [0.1, 0.15) is 5.58 Å². The molecule has 141 valence electrons. The number of hydrogen-bond acceptors (Lipinski definition) is 2. The Morgan fingerprint density at radius 2 is 1.54 bits per heavy atom. The largest absolute Gasteiger partial charge is 0.423 e.